The van der Waals surface area contributed by atoms with Crippen LogP contribution in [0.3, 0.4) is 0 Å². The Balaban J connectivity index is 0.00000280. The summed E-state index contributed by atoms with van der Waals surface area (Å²) in [5, 5.41) is 9.99. The van der Waals surface area contributed by atoms with Gasteiger partial charge in [-0.3, -0.25) is 4.90 Å². The molecule has 7 heteroatoms. The maximum atomic E-state index is 4.72. The third kappa shape index (κ3) is 7.33. The maximum Gasteiger partial charge on any atom is 0.191 e. The first-order valence-electron chi connectivity index (χ1n) is 10.0. The fourth-order valence-corrected chi connectivity index (χ4v) is 3.97. The summed E-state index contributed by atoms with van der Waals surface area (Å²) in [5.41, 5.74) is 3.71. The molecule has 5 nitrogen and oxygen atoms in total. The summed E-state index contributed by atoms with van der Waals surface area (Å²) in [6, 6.07) is 8.88. The Morgan fingerprint density at radius 3 is 2.46 bits per heavy atom. The number of hydrogen-bond acceptors (Lipinski definition) is 4. The monoisotopic (exact) mass is 513 g/mol. The van der Waals surface area contributed by atoms with E-state index in [-0.39, 0.29) is 24.0 Å². The molecule has 2 N–H and O–H groups in total. The number of nitrogens with zero attached hydrogens (tertiary/aromatic N) is 3. The van der Waals surface area contributed by atoms with Crippen LogP contribution in [-0.2, 0) is 26.1 Å². The smallest absolute Gasteiger partial charge is 0.191 e. The third-order valence-electron chi connectivity index (χ3n) is 4.73. The highest BCUT2D eigenvalue weighted by atomic mass is 127. The van der Waals surface area contributed by atoms with Crippen molar-refractivity contribution in [3.05, 3.63) is 51.5 Å². The first-order chi connectivity index (χ1) is 13.3. The predicted molar refractivity (Wildman–Crippen MR) is 130 cm³/mol. The van der Waals surface area contributed by atoms with Crippen LogP contribution in [0.5, 0.6) is 0 Å². The molecule has 0 amide bonds. The molecule has 1 saturated heterocycles. The lowest BCUT2D eigenvalue weighted by Crippen LogP contribution is -2.36. The van der Waals surface area contributed by atoms with Gasteiger partial charge in [0.15, 0.2) is 5.96 Å². The highest BCUT2D eigenvalue weighted by Crippen LogP contribution is 2.14. The van der Waals surface area contributed by atoms with Gasteiger partial charge in [-0.15, -0.1) is 35.3 Å². The van der Waals surface area contributed by atoms with E-state index in [1.54, 1.807) is 11.3 Å². The fraction of sp³-hybridized carbons (Fsp3) is 0.524. The van der Waals surface area contributed by atoms with Crippen molar-refractivity contribution in [3.8, 4) is 0 Å². The van der Waals surface area contributed by atoms with Crippen LogP contribution in [0.4, 0.5) is 0 Å². The van der Waals surface area contributed by atoms with Crippen LogP contribution in [0, 0.1) is 0 Å². The molecule has 1 aromatic heterocycles. The van der Waals surface area contributed by atoms with Crippen molar-refractivity contribution in [2.24, 2.45) is 4.99 Å². The summed E-state index contributed by atoms with van der Waals surface area (Å²) in [4.78, 5) is 11.8. The minimum absolute atomic E-state index is 0. The Bertz CT molecular complexity index is 723. The van der Waals surface area contributed by atoms with Crippen LogP contribution in [0.1, 0.15) is 48.5 Å². The number of aryl methyl sites for hydroxylation is 1. The average molecular weight is 513 g/mol. The molecule has 3 rings (SSSR count). The molecule has 0 bridgehead atoms. The van der Waals surface area contributed by atoms with Crippen molar-refractivity contribution >= 4 is 41.3 Å². The average Bonchev–Trinajstić information content (AvgIpc) is 3.37. The molecule has 2 heterocycles. The molecule has 0 saturated carbocycles. The van der Waals surface area contributed by atoms with E-state index in [0.717, 1.165) is 31.2 Å². The molecular formula is C21H32IN5S. The van der Waals surface area contributed by atoms with Gasteiger partial charge in [0.2, 0.25) is 0 Å². The van der Waals surface area contributed by atoms with E-state index in [1.165, 1.54) is 42.1 Å². The standard InChI is InChI=1S/C21H31N5S.HI/c1-3-20-25-19(16-27-20)14-24-21(22-4-2)23-13-17-7-9-18(10-8-17)15-26-11-5-6-12-26;/h7-10,16H,3-6,11-15H2,1-2H3,(H2,22,23,24);1H. The van der Waals surface area contributed by atoms with Gasteiger partial charge in [0.05, 0.1) is 23.8 Å². The Labute approximate surface area is 190 Å². The molecule has 2 aromatic rings. The molecule has 1 aliphatic rings. The topological polar surface area (TPSA) is 52.6 Å². The zero-order valence-corrected chi connectivity index (χ0v) is 20.1. The Morgan fingerprint density at radius 1 is 1.11 bits per heavy atom. The van der Waals surface area contributed by atoms with Crippen molar-refractivity contribution in [1.82, 2.24) is 20.5 Å². The number of likely N-dealkylation sites (tertiary alicyclic amines) is 1. The molecule has 28 heavy (non-hydrogen) atoms. The van der Waals surface area contributed by atoms with Crippen LogP contribution >= 0.6 is 35.3 Å². The number of nitrogens with one attached hydrogen (secondary N) is 2. The number of aliphatic imine (C=N–C) groups is 1. The number of rotatable bonds is 8. The Hall–Kier alpha value is -1.19. The highest BCUT2D eigenvalue weighted by Gasteiger charge is 2.11. The van der Waals surface area contributed by atoms with Crippen LogP contribution < -0.4 is 10.6 Å². The van der Waals surface area contributed by atoms with Gasteiger partial charge in [0.25, 0.3) is 0 Å². The third-order valence-corrected chi connectivity index (χ3v) is 5.77. The minimum Gasteiger partial charge on any atom is -0.357 e. The lowest BCUT2D eigenvalue weighted by molar-refractivity contribution is 0.331. The highest BCUT2D eigenvalue weighted by molar-refractivity contribution is 14.0. The first kappa shape index (κ1) is 23.1. The number of hydrogen-bond donors (Lipinski definition) is 2. The second-order valence-electron chi connectivity index (χ2n) is 6.93. The Morgan fingerprint density at radius 2 is 1.82 bits per heavy atom. The van der Waals surface area contributed by atoms with Gasteiger partial charge in [-0.2, -0.15) is 0 Å². The van der Waals surface area contributed by atoms with E-state index >= 15 is 0 Å². The largest absolute Gasteiger partial charge is 0.357 e. The van der Waals surface area contributed by atoms with Crippen LogP contribution in [0.25, 0.3) is 0 Å². The number of guanidine groups is 1. The molecule has 1 fully saturated rings. The second kappa shape index (κ2) is 12.4. The summed E-state index contributed by atoms with van der Waals surface area (Å²) < 4.78 is 0. The van der Waals surface area contributed by atoms with Gasteiger partial charge in [-0.1, -0.05) is 31.2 Å². The number of aromatic nitrogens is 1. The maximum absolute atomic E-state index is 4.72. The van der Waals surface area contributed by atoms with E-state index in [1.807, 2.05) is 0 Å². The summed E-state index contributed by atoms with van der Waals surface area (Å²) in [7, 11) is 0. The summed E-state index contributed by atoms with van der Waals surface area (Å²) in [5.74, 6) is 0.838. The van der Waals surface area contributed by atoms with Gasteiger partial charge in [-0.05, 0) is 50.4 Å². The fourth-order valence-electron chi connectivity index (χ4n) is 3.23. The van der Waals surface area contributed by atoms with Gasteiger partial charge in [-0.25, -0.2) is 9.98 Å². The van der Waals surface area contributed by atoms with Gasteiger partial charge >= 0.3 is 0 Å². The minimum atomic E-state index is 0. The van der Waals surface area contributed by atoms with Crippen molar-refractivity contribution in [1.29, 1.82) is 0 Å². The number of thiazole rings is 1. The van der Waals surface area contributed by atoms with E-state index in [9.17, 15) is 0 Å². The van der Waals surface area contributed by atoms with E-state index in [4.69, 9.17) is 4.99 Å². The SMILES string of the molecule is CCNC(=NCc1ccc(CN2CCCC2)cc1)NCc1csc(CC)n1.I. The van der Waals surface area contributed by atoms with Gasteiger partial charge in [0, 0.05) is 18.5 Å². The lowest BCUT2D eigenvalue weighted by Gasteiger charge is -2.14. The lowest BCUT2D eigenvalue weighted by atomic mass is 10.1. The Kier molecular flexibility index (Phi) is 10.2. The van der Waals surface area contributed by atoms with Gasteiger partial charge < -0.3 is 10.6 Å². The number of halogens is 1. The van der Waals surface area contributed by atoms with Crippen molar-refractivity contribution in [2.45, 2.75) is 52.7 Å². The van der Waals surface area contributed by atoms with E-state index in [2.05, 4.69) is 64.0 Å². The summed E-state index contributed by atoms with van der Waals surface area (Å²) >= 11 is 1.72. The van der Waals surface area contributed by atoms with E-state index < -0.39 is 0 Å². The molecule has 154 valence electrons. The molecule has 0 radical (unpaired) electrons. The molecule has 0 aliphatic carbocycles. The van der Waals surface area contributed by atoms with Crippen LogP contribution in [0.2, 0.25) is 0 Å². The summed E-state index contributed by atoms with van der Waals surface area (Å²) in [6.45, 7) is 10.00. The summed E-state index contributed by atoms with van der Waals surface area (Å²) in [6.07, 6.45) is 3.67. The van der Waals surface area contributed by atoms with Crippen molar-refractivity contribution < 1.29 is 0 Å². The van der Waals surface area contributed by atoms with Crippen LogP contribution in [-0.4, -0.2) is 35.5 Å². The normalized spacial score (nSPS) is 14.7. The second-order valence-corrected chi connectivity index (χ2v) is 7.88. The van der Waals surface area contributed by atoms with Crippen molar-refractivity contribution in [3.63, 3.8) is 0 Å². The van der Waals surface area contributed by atoms with E-state index in [0.29, 0.717) is 13.1 Å². The predicted octanol–water partition coefficient (Wildman–Crippen LogP) is 4.17. The van der Waals surface area contributed by atoms with Gasteiger partial charge in [0.1, 0.15) is 0 Å². The number of benzene rings is 1. The zero-order valence-electron chi connectivity index (χ0n) is 16.9. The molecule has 1 aliphatic heterocycles. The molecule has 0 atom stereocenters. The molecule has 0 spiro atoms. The first-order valence-corrected chi connectivity index (χ1v) is 10.9. The quantitative estimate of drug-likeness (QED) is 0.316. The molecule has 0 unspecified atom stereocenters. The van der Waals surface area contributed by atoms with Crippen LogP contribution in [0.15, 0.2) is 34.6 Å². The van der Waals surface area contributed by atoms with Crippen molar-refractivity contribution in [2.75, 3.05) is 19.6 Å². The molecule has 1 aromatic carbocycles. The molecular weight excluding hydrogens is 481 g/mol. The zero-order chi connectivity index (χ0) is 18.9.